The van der Waals surface area contributed by atoms with Crippen LogP contribution in [0.1, 0.15) is 60.3 Å². The van der Waals surface area contributed by atoms with Crippen molar-refractivity contribution in [2.24, 2.45) is 13.0 Å². The molecule has 0 spiro atoms. The Morgan fingerprint density at radius 1 is 1.18 bits per heavy atom. The second kappa shape index (κ2) is 6.10. The molecule has 22 heavy (non-hydrogen) atoms. The molecule has 0 saturated heterocycles. The lowest BCUT2D eigenvalue weighted by atomic mass is 9.86. The van der Waals surface area contributed by atoms with Gasteiger partial charge in [0.25, 0.3) is 5.91 Å². The molecule has 2 aliphatic rings. The molecule has 120 valence electrons. The highest BCUT2D eigenvalue weighted by Crippen LogP contribution is 2.26. The lowest BCUT2D eigenvalue weighted by molar-refractivity contribution is -0.142. The Hall–Kier alpha value is -1.85. The number of nitrogens with one attached hydrogen (secondary N) is 1. The third-order valence-corrected chi connectivity index (χ3v) is 4.95. The van der Waals surface area contributed by atoms with E-state index in [1.807, 2.05) is 7.05 Å². The van der Waals surface area contributed by atoms with Crippen LogP contribution >= 0.6 is 0 Å². The quantitative estimate of drug-likeness (QED) is 0.889. The molecule has 0 radical (unpaired) electrons. The number of rotatable bonds is 3. The summed E-state index contributed by atoms with van der Waals surface area (Å²) in [5.41, 5.74) is 2.86. The van der Waals surface area contributed by atoms with E-state index in [0.29, 0.717) is 18.5 Å². The second-order valence-corrected chi connectivity index (χ2v) is 6.46. The van der Waals surface area contributed by atoms with Gasteiger partial charge in [-0.25, -0.2) is 0 Å². The number of aromatic nitrogens is 2. The molecule has 1 aromatic heterocycles. The third-order valence-electron chi connectivity index (χ3n) is 4.95. The maximum absolute atomic E-state index is 12.6. The van der Waals surface area contributed by atoms with Gasteiger partial charge < -0.3 is 10.4 Å². The number of carbonyl (C=O) groups is 2. The van der Waals surface area contributed by atoms with E-state index in [1.165, 1.54) is 0 Å². The number of aliphatic carboxylic acids is 1. The van der Waals surface area contributed by atoms with Gasteiger partial charge in [0.2, 0.25) is 0 Å². The summed E-state index contributed by atoms with van der Waals surface area (Å²) < 4.78 is 1.70. The minimum atomic E-state index is -0.717. The maximum Gasteiger partial charge on any atom is 0.306 e. The Balaban J connectivity index is 1.66. The van der Waals surface area contributed by atoms with E-state index in [1.54, 1.807) is 4.68 Å². The first-order valence-electron chi connectivity index (χ1n) is 8.14. The SMILES string of the molecule is Cn1nc2c(c1C(=O)NC1CCC(C(=O)O)CC1)CCCC2. The zero-order valence-electron chi connectivity index (χ0n) is 13.0. The van der Waals surface area contributed by atoms with Gasteiger partial charge >= 0.3 is 5.97 Å². The van der Waals surface area contributed by atoms with Crippen LogP contribution < -0.4 is 5.32 Å². The van der Waals surface area contributed by atoms with Crippen molar-refractivity contribution in [2.75, 3.05) is 0 Å². The van der Waals surface area contributed by atoms with E-state index < -0.39 is 5.97 Å². The molecule has 3 rings (SSSR count). The number of fused-ring (bicyclic) bond motifs is 1. The van der Waals surface area contributed by atoms with Crippen molar-refractivity contribution in [1.29, 1.82) is 0 Å². The molecule has 1 heterocycles. The van der Waals surface area contributed by atoms with Gasteiger partial charge in [-0.05, 0) is 51.4 Å². The number of hydrogen-bond acceptors (Lipinski definition) is 3. The van der Waals surface area contributed by atoms with Crippen LogP contribution in [0.15, 0.2) is 0 Å². The summed E-state index contributed by atoms with van der Waals surface area (Å²) in [6.07, 6.45) is 6.91. The van der Waals surface area contributed by atoms with Crippen molar-refractivity contribution in [2.45, 2.75) is 57.4 Å². The lowest BCUT2D eigenvalue weighted by Gasteiger charge is -2.27. The van der Waals surface area contributed by atoms with E-state index in [9.17, 15) is 9.59 Å². The number of aryl methyl sites for hydroxylation is 2. The molecular weight excluding hydrogens is 282 g/mol. The van der Waals surface area contributed by atoms with Crippen molar-refractivity contribution in [3.8, 4) is 0 Å². The van der Waals surface area contributed by atoms with Gasteiger partial charge in [0.15, 0.2) is 0 Å². The highest BCUT2D eigenvalue weighted by Gasteiger charge is 2.29. The normalized spacial score (nSPS) is 24.6. The van der Waals surface area contributed by atoms with Gasteiger partial charge in [0, 0.05) is 18.7 Å². The van der Waals surface area contributed by atoms with E-state index in [4.69, 9.17) is 5.11 Å². The number of carboxylic acids is 1. The number of amides is 1. The van der Waals surface area contributed by atoms with Gasteiger partial charge in [-0.2, -0.15) is 5.10 Å². The summed E-state index contributed by atoms with van der Waals surface area (Å²) in [6, 6.07) is 0.0808. The van der Waals surface area contributed by atoms with Crippen molar-refractivity contribution < 1.29 is 14.7 Å². The van der Waals surface area contributed by atoms with E-state index >= 15 is 0 Å². The number of carboxylic acid groups (broad SMARTS) is 1. The molecule has 1 saturated carbocycles. The van der Waals surface area contributed by atoms with Gasteiger partial charge in [0.05, 0.1) is 11.6 Å². The van der Waals surface area contributed by atoms with Crippen LogP contribution in [0.25, 0.3) is 0 Å². The van der Waals surface area contributed by atoms with Crippen LogP contribution in [0.5, 0.6) is 0 Å². The molecule has 0 aromatic carbocycles. The molecular formula is C16H23N3O3. The van der Waals surface area contributed by atoms with E-state index in [-0.39, 0.29) is 17.9 Å². The molecule has 0 atom stereocenters. The first kappa shape index (κ1) is 15.1. The fraction of sp³-hybridized carbons (Fsp3) is 0.688. The van der Waals surface area contributed by atoms with Crippen LogP contribution in [0.3, 0.4) is 0 Å². The minimum Gasteiger partial charge on any atom is -0.481 e. The van der Waals surface area contributed by atoms with Crippen molar-refractivity contribution >= 4 is 11.9 Å². The zero-order valence-corrected chi connectivity index (χ0v) is 13.0. The van der Waals surface area contributed by atoms with Gasteiger partial charge in [-0.1, -0.05) is 0 Å². The van der Waals surface area contributed by atoms with Crippen LogP contribution in [0.2, 0.25) is 0 Å². The van der Waals surface area contributed by atoms with Crippen molar-refractivity contribution in [3.63, 3.8) is 0 Å². The molecule has 6 heteroatoms. The first-order chi connectivity index (χ1) is 10.6. The van der Waals surface area contributed by atoms with Crippen molar-refractivity contribution in [3.05, 3.63) is 17.0 Å². The van der Waals surface area contributed by atoms with Gasteiger partial charge in [-0.3, -0.25) is 14.3 Å². The molecule has 1 fully saturated rings. The molecule has 0 bridgehead atoms. The summed E-state index contributed by atoms with van der Waals surface area (Å²) in [4.78, 5) is 23.6. The predicted molar refractivity (Wildman–Crippen MR) is 80.7 cm³/mol. The van der Waals surface area contributed by atoms with Crippen LogP contribution in [0.4, 0.5) is 0 Å². The van der Waals surface area contributed by atoms with Crippen LogP contribution in [-0.2, 0) is 24.7 Å². The summed E-state index contributed by atoms with van der Waals surface area (Å²) >= 11 is 0. The van der Waals surface area contributed by atoms with Crippen LogP contribution in [-0.4, -0.2) is 32.8 Å². The summed E-state index contributed by atoms with van der Waals surface area (Å²) in [6.45, 7) is 0. The van der Waals surface area contributed by atoms with Gasteiger partial charge in [-0.15, -0.1) is 0 Å². The fourth-order valence-electron chi connectivity index (χ4n) is 3.70. The largest absolute Gasteiger partial charge is 0.481 e. The van der Waals surface area contributed by atoms with Crippen LogP contribution in [0, 0.1) is 5.92 Å². The number of carbonyl (C=O) groups excluding carboxylic acids is 1. The smallest absolute Gasteiger partial charge is 0.306 e. The highest BCUT2D eigenvalue weighted by atomic mass is 16.4. The first-order valence-corrected chi connectivity index (χ1v) is 8.14. The lowest BCUT2D eigenvalue weighted by Crippen LogP contribution is -2.39. The Morgan fingerprint density at radius 3 is 2.55 bits per heavy atom. The average Bonchev–Trinajstić information content (AvgIpc) is 2.83. The molecule has 6 nitrogen and oxygen atoms in total. The van der Waals surface area contributed by atoms with E-state index in [2.05, 4.69) is 10.4 Å². The number of nitrogens with zero attached hydrogens (tertiary/aromatic N) is 2. The fourth-order valence-corrected chi connectivity index (χ4v) is 3.70. The number of hydrogen-bond donors (Lipinski definition) is 2. The highest BCUT2D eigenvalue weighted by molar-refractivity contribution is 5.94. The molecule has 1 amide bonds. The summed E-state index contributed by atoms with van der Waals surface area (Å²) in [5, 5.41) is 16.6. The predicted octanol–water partition coefficient (Wildman–Crippen LogP) is 1.67. The monoisotopic (exact) mass is 305 g/mol. The maximum atomic E-state index is 12.6. The summed E-state index contributed by atoms with van der Waals surface area (Å²) in [7, 11) is 1.83. The average molecular weight is 305 g/mol. The standard InChI is InChI=1S/C16H23N3O3/c1-19-14(12-4-2-3-5-13(12)18-19)15(20)17-11-8-6-10(7-9-11)16(21)22/h10-11H,2-9H2,1H3,(H,17,20)(H,21,22). The summed E-state index contributed by atoms with van der Waals surface area (Å²) in [5.74, 6) is -1.03. The van der Waals surface area contributed by atoms with E-state index in [0.717, 1.165) is 49.8 Å². The Bertz CT molecular complexity index is 586. The second-order valence-electron chi connectivity index (χ2n) is 6.46. The molecule has 2 N–H and O–H groups in total. The Morgan fingerprint density at radius 2 is 1.86 bits per heavy atom. The van der Waals surface area contributed by atoms with Gasteiger partial charge in [0.1, 0.15) is 5.69 Å². The minimum absolute atomic E-state index is 0.0584. The molecule has 0 aliphatic heterocycles. The molecule has 0 unspecified atom stereocenters. The molecule has 1 aromatic rings. The third kappa shape index (κ3) is 2.87. The Labute approximate surface area is 129 Å². The zero-order chi connectivity index (χ0) is 15.7. The Kier molecular flexibility index (Phi) is 4.18. The molecule has 2 aliphatic carbocycles. The van der Waals surface area contributed by atoms with Crippen molar-refractivity contribution in [1.82, 2.24) is 15.1 Å². The topological polar surface area (TPSA) is 84.2 Å².